The highest BCUT2D eigenvalue weighted by atomic mass is 32.1. The van der Waals surface area contributed by atoms with Crippen LogP contribution in [-0.2, 0) is 0 Å². The Bertz CT molecular complexity index is 616. The number of nitrogens with zero attached hydrogens (tertiary/aromatic N) is 1. The maximum absolute atomic E-state index is 5.84. The van der Waals surface area contributed by atoms with E-state index in [1.165, 1.54) is 24.0 Å². The Morgan fingerprint density at radius 2 is 1.55 bits per heavy atom. The molecule has 2 nitrogen and oxygen atoms in total. The molecule has 2 aromatic carbocycles. The number of thiocarbonyl (C=S) groups is 1. The molecule has 114 valence electrons. The van der Waals surface area contributed by atoms with Crippen LogP contribution >= 0.6 is 12.2 Å². The minimum atomic E-state index is 0.597. The first kappa shape index (κ1) is 15.0. The van der Waals surface area contributed by atoms with Gasteiger partial charge in [0.1, 0.15) is 5.75 Å². The van der Waals surface area contributed by atoms with Gasteiger partial charge in [0.25, 0.3) is 5.17 Å². The number of benzene rings is 2. The van der Waals surface area contributed by atoms with Crippen molar-refractivity contribution in [1.82, 2.24) is 4.90 Å². The Morgan fingerprint density at radius 1 is 0.955 bits per heavy atom. The number of hydrogen-bond donors (Lipinski definition) is 0. The fourth-order valence-corrected chi connectivity index (χ4v) is 2.98. The molecule has 22 heavy (non-hydrogen) atoms. The molecule has 0 atom stereocenters. The number of likely N-dealkylation sites (tertiary alicyclic amines) is 1. The average Bonchev–Trinajstić information content (AvgIpc) is 2.57. The summed E-state index contributed by atoms with van der Waals surface area (Å²) in [6.45, 7) is 4.30. The molecule has 0 radical (unpaired) electrons. The highest BCUT2D eigenvalue weighted by Gasteiger charge is 2.19. The van der Waals surface area contributed by atoms with Crippen molar-refractivity contribution in [2.75, 3.05) is 13.1 Å². The molecular formula is C19H21NOS. The van der Waals surface area contributed by atoms with Crippen molar-refractivity contribution < 1.29 is 4.74 Å². The van der Waals surface area contributed by atoms with Crippen molar-refractivity contribution in [3.8, 4) is 16.9 Å². The summed E-state index contributed by atoms with van der Waals surface area (Å²) in [5.74, 6) is 1.60. The lowest BCUT2D eigenvalue weighted by atomic mass is 10.00. The van der Waals surface area contributed by atoms with Gasteiger partial charge in [-0.1, -0.05) is 49.4 Å². The number of hydrogen-bond acceptors (Lipinski definition) is 2. The van der Waals surface area contributed by atoms with Crippen molar-refractivity contribution in [3.63, 3.8) is 0 Å². The minimum Gasteiger partial charge on any atom is -0.432 e. The smallest absolute Gasteiger partial charge is 0.264 e. The first-order valence-electron chi connectivity index (χ1n) is 7.84. The second-order valence-corrected chi connectivity index (χ2v) is 6.28. The van der Waals surface area contributed by atoms with Crippen molar-refractivity contribution >= 4 is 17.4 Å². The van der Waals surface area contributed by atoms with Crippen LogP contribution in [0.2, 0.25) is 0 Å². The van der Waals surface area contributed by atoms with E-state index in [1.807, 2.05) is 30.3 Å². The fourth-order valence-electron chi connectivity index (χ4n) is 2.70. The molecule has 2 aromatic rings. The van der Waals surface area contributed by atoms with Gasteiger partial charge in [0.15, 0.2) is 0 Å². The summed E-state index contributed by atoms with van der Waals surface area (Å²) in [6, 6.07) is 18.5. The van der Waals surface area contributed by atoms with E-state index in [0.717, 1.165) is 24.8 Å². The monoisotopic (exact) mass is 311 g/mol. The molecule has 0 aromatic heterocycles. The van der Waals surface area contributed by atoms with E-state index in [0.29, 0.717) is 5.17 Å². The molecule has 1 saturated heterocycles. The number of rotatable bonds is 2. The summed E-state index contributed by atoms with van der Waals surface area (Å²) >= 11 is 5.42. The average molecular weight is 311 g/mol. The maximum atomic E-state index is 5.84. The minimum absolute atomic E-state index is 0.597. The van der Waals surface area contributed by atoms with Gasteiger partial charge in [-0.2, -0.15) is 0 Å². The van der Waals surface area contributed by atoms with Crippen LogP contribution in [-0.4, -0.2) is 23.2 Å². The van der Waals surface area contributed by atoms with Gasteiger partial charge in [0.2, 0.25) is 0 Å². The quantitative estimate of drug-likeness (QED) is 0.743. The standard InChI is InChI=1S/C19H21NOS/c1-15-11-13-20(14-12-15)19(22)21-18-9-7-17(8-10-18)16-5-3-2-4-6-16/h2-10,15H,11-14H2,1H3. The number of ether oxygens (including phenoxy) is 1. The van der Waals surface area contributed by atoms with Gasteiger partial charge in [-0.3, -0.25) is 0 Å². The number of piperidine rings is 1. The molecule has 0 aliphatic carbocycles. The third-order valence-electron chi connectivity index (χ3n) is 4.21. The molecule has 0 N–H and O–H groups in total. The SMILES string of the molecule is CC1CCN(C(=S)Oc2ccc(-c3ccccc3)cc2)CC1. The van der Waals surface area contributed by atoms with Crippen LogP contribution < -0.4 is 4.74 Å². The summed E-state index contributed by atoms with van der Waals surface area (Å²) in [5, 5.41) is 0.597. The topological polar surface area (TPSA) is 12.5 Å². The molecule has 3 rings (SSSR count). The largest absolute Gasteiger partial charge is 0.432 e. The maximum Gasteiger partial charge on any atom is 0.264 e. The van der Waals surface area contributed by atoms with E-state index >= 15 is 0 Å². The van der Waals surface area contributed by atoms with Crippen molar-refractivity contribution in [2.24, 2.45) is 5.92 Å². The molecule has 0 bridgehead atoms. The fraction of sp³-hybridized carbons (Fsp3) is 0.316. The van der Waals surface area contributed by atoms with E-state index in [9.17, 15) is 0 Å². The Labute approximate surface area is 137 Å². The van der Waals surface area contributed by atoms with Gasteiger partial charge >= 0.3 is 0 Å². The Kier molecular flexibility index (Phi) is 4.74. The Morgan fingerprint density at radius 3 is 2.18 bits per heavy atom. The third kappa shape index (κ3) is 3.66. The third-order valence-corrected chi connectivity index (χ3v) is 4.55. The van der Waals surface area contributed by atoms with Gasteiger partial charge in [-0.25, -0.2) is 0 Å². The van der Waals surface area contributed by atoms with Crippen LogP contribution in [0.25, 0.3) is 11.1 Å². The van der Waals surface area contributed by atoms with Gasteiger partial charge in [0, 0.05) is 13.1 Å². The van der Waals surface area contributed by atoms with Gasteiger partial charge in [-0.05, 0) is 54.2 Å². The lowest BCUT2D eigenvalue weighted by Gasteiger charge is -2.31. The summed E-state index contributed by atoms with van der Waals surface area (Å²) in [5.41, 5.74) is 2.40. The molecule has 1 fully saturated rings. The van der Waals surface area contributed by atoms with E-state index < -0.39 is 0 Å². The zero-order chi connectivity index (χ0) is 15.4. The molecular weight excluding hydrogens is 290 g/mol. The van der Waals surface area contributed by atoms with Crippen LogP contribution in [0, 0.1) is 5.92 Å². The summed E-state index contributed by atoms with van der Waals surface area (Å²) in [4.78, 5) is 2.17. The van der Waals surface area contributed by atoms with Crippen LogP contribution in [0.4, 0.5) is 0 Å². The van der Waals surface area contributed by atoms with Gasteiger partial charge < -0.3 is 9.64 Å². The van der Waals surface area contributed by atoms with E-state index in [-0.39, 0.29) is 0 Å². The highest BCUT2D eigenvalue weighted by molar-refractivity contribution is 7.80. The van der Waals surface area contributed by atoms with E-state index in [1.54, 1.807) is 0 Å². The molecule has 1 aliphatic rings. The van der Waals surface area contributed by atoms with Crippen LogP contribution in [0.3, 0.4) is 0 Å². The molecule has 0 unspecified atom stereocenters. The Hall–Kier alpha value is -1.87. The molecule has 1 heterocycles. The molecule has 0 saturated carbocycles. The van der Waals surface area contributed by atoms with Crippen molar-refractivity contribution in [2.45, 2.75) is 19.8 Å². The zero-order valence-corrected chi connectivity index (χ0v) is 13.7. The second-order valence-electron chi connectivity index (χ2n) is 5.93. The van der Waals surface area contributed by atoms with E-state index in [2.05, 4.69) is 36.1 Å². The first-order valence-corrected chi connectivity index (χ1v) is 8.25. The summed E-state index contributed by atoms with van der Waals surface area (Å²) < 4.78 is 5.84. The predicted octanol–water partition coefficient (Wildman–Crippen LogP) is 4.75. The van der Waals surface area contributed by atoms with Crippen molar-refractivity contribution in [1.29, 1.82) is 0 Å². The van der Waals surface area contributed by atoms with Gasteiger partial charge in [-0.15, -0.1) is 0 Å². The van der Waals surface area contributed by atoms with Crippen LogP contribution in [0.5, 0.6) is 5.75 Å². The summed E-state index contributed by atoms with van der Waals surface area (Å²) in [6.07, 6.45) is 2.38. The highest BCUT2D eigenvalue weighted by Crippen LogP contribution is 2.23. The predicted molar refractivity (Wildman–Crippen MR) is 95.1 cm³/mol. The zero-order valence-electron chi connectivity index (χ0n) is 12.9. The second kappa shape index (κ2) is 6.93. The normalized spacial score (nSPS) is 15.6. The van der Waals surface area contributed by atoms with Gasteiger partial charge in [0.05, 0.1) is 0 Å². The van der Waals surface area contributed by atoms with Crippen molar-refractivity contribution in [3.05, 3.63) is 54.6 Å². The van der Waals surface area contributed by atoms with Crippen LogP contribution in [0.15, 0.2) is 54.6 Å². The first-order chi connectivity index (χ1) is 10.7. The Balaban J connectivity index is 1.62. The summed E-state index contributed by atoms with van der Waals surface area (Å²) in [7, 11) is 0. The molecule has 3 heteroatoms. The lowest BCUT2D eigenvalue weighted by Crippen LogP contribution is -2.39. The van der Waals surface area contributed by atoms with E-state index in [4.69, 9.17) is 17.0 Å². The molecule has 1 aliphatic heterocycles. The molecule has 0 amide bonds. The molecule has 0 spiro atoms. The lowest BCUT2D eigenvalue weighted by molar-refractivity contribution is 0.254. The van der Waals surface area contributed by atoms with Crippen LogP contribution in [0.1, 0.15) is 19.8 Å².